The Morgan fingerprint density at radius 1 is 0.905 bits per heavy atom. The number of hydrogen-bond acceptors (Lipinski definition) is 3. The van der Waals surface area contributed by atoms with Crippen LogP contribution in [-0.4, -0.2) is 36.7 Å². The highest BCUT2D eigenvalue weighted by molar-refractivity contribution is 6.88. The smallest absolute Gasteiger partial charge is 0.341 e. The van der Waals surface area contributed by atoms with Gasteiger partial charge in [0.25, 0.3) is 0 Å². The lowest BCUT2D eigenvalue weighted by atomic mass is 10.1. The summed E-state index contributed by atoms with van der Waals surface area (Å²) in [7, 11) is -3.92. The molecule has 0 spiro atoms. The van der Waals surface area contributed by atoms with Gasteiger partial charge in [0.05, 0.1) is 0 Å². The Hall–Kier alpha value is 0.0538. The van der Waals surface area contributed by atoms with E-state index >= 15 is 0 Å². The molecule has 3 unspecified atom stereocenters. The highest BCUT2D eigenvalue weighted by Gasteiger charge is 2.56. The largest absolute Gasteiger partial charge is 0.418 e. The van der Waals surface area contributed by atoms with E-state index in [0.29, 0.717) is 11.5 Å². The molecule has 2 aliphatic rings. The fraction of sp³-hybridized carbons (Fsp3) is 0.875. The molecule has 0 aromatic rings. The van der Waals surface area contributed by atoms with Crippen molar-refractivity contribution in [3.05, 3.63) is 12.2 Å². The minimum Gasteiger partial charge on any atom is -0.418 e. The summed E-state index contributed by atoms with van der Waals surface area (Å²) in [6.45, 7) is 13.3. The molecule has 2 aliphatic carbocycles. The van der Waals surface area contributed by atoms with Crippen molar-refractivity contribution < 1.29 is 13.3 Å². The SMILES string of the molecule is CCO[Si](C)(C)C[Si](OCC)(OCC)C1CC2C=CC1C2. The Labute approximate surface area is 132 Å². The summed E-state index contributed by atoms with van der Waals surface area (Å²) in [4.78, 5) is 0. The molecule has 5 heteroatoms. The van der Waals surface area contributed by atoms with Gasteiger partial charge < -0.3 is 13.3 Å². The monoisotopic (exact) mass is 328 g/mol. The highest BCUT2D eigenvalue weighted by atomic mass is 28.4. The van der Waals surface area contributed by atoms with Crippen LogP contribution in [0.15, 0.2) is 12.2 Å². The van der Waals surface area contributed by atoms with E-state index in [-0.39, 0.29) is 0 Å². The van der Waals surface area contributed by atoms with Gasteiger partial charge >= 0.3 is 8.56 Å². The third-order valence-electron chi connectivity index (χ3n) is 4.83. The lowest BCUT2D eigenvalue weighted by molar-refractivity contribution is 0.169. The van der Waals surface area contributed by atoms with Crippen LogP contribution in [0.3, 0.4) is 0 Å². The van der Waals surface area contributed by atoms with Crippen LogP contribution >= 0.6 is 0 Å². The molecule has 2 rings (SSSR count). The Morgan fingerprint density at radius 2 is 1.52 bits per heavy atom. The standard InChI is InChI=1S/C16H32O3Si2/c1-6-17-20(4,5)13-21(18-7-2,19-8-3)16-12-14-9-10-15(16)11-14/h9-10,14-16H,6-8,11-13H2,1-5H3. The molecule has 0 heterocycles. The maximum Gasteiger partial charge on any atom is 0.341 e. The summed E-state index contributed by atoms with van der Waals surface area (Å²) in [6.07, 6.45) is 7.41. The Morgan fingerprint density at radius 3 is 1.95 bits per heavy atom. The molecule has 0 aromatic carbocycles. The maximum absolute atomic E-state index is 6.43. The van der Waals surface area contributed by atoms with Crippen molar-refractivity contribution in [3.8, 4) is 0 Å². The van der Waals surface area contributed by atoms with E-state index in [1.54, 1.807) is 0 Å². The van der Waals surface area contributed by atoms with E-state index in [0.717, 1.165) is 31.4 Å². The van der Waals surface area contributed by atoms with Gasteiger partial charge in [-0.05, 0) is 58.5 Å². The zero-order chi connectivity index (χ0) is 15.5. The minimum atomic E-state index is -2.20. The van der Waals surface area contributed by atoms with E-state index in [4.69, 9.17) is 13.3 Å². The van der Waals surface area contributed by atoms with Crippen molar-refractivity contribution in [2.24, 2.45) is 11.8 Å². The van der Waals surface area contributed by atoms with Crippen molar-refractivity contribution in [2.45, 2.75) is 57.9 Å². The second kappa shape index (κ2) is 7.09. The Bertz CT molecular complexity index is 365. The second-order valence-corrected chi connectivity index (χ2v) is 15.1. The Kier molecular flexibility index (Phi) is 5.87. The molecular formula is C16H32O3Si2. The van der Waals surface area contributed by atoms with Crippen LogP contribution in [0.25, 0.3) is 0 Å². The van der Waals surface area contributed by atoms with E-state index in [1.807, 2.05) is 0 Å². The predicted molar refractivity (Wildman–Crippen MR) is 92.0 cm³/mol. The molecule has 0 radical (unpaired) electrons. The van der Waals surface area contributed by atoms with Crippen molar-refractivity contribution in [3.63, 3.8) is 0 Å². The van der Waals surface area contributed by atoms with Crippen LogP contribution in [-0.2, 0) is 13.3 Å². The molecule has 0 amide bonds. The van der Waals surface area contributed by atoms with Gasteiger partial charge in [-0.1, -0.05) is 12.2 Å². The van der Waals surface area contributed by atoms with Crippen LogP contribution in [0.2, 0.25) is 24.3 Å². The van der Waals surface area contributed by atoms with E-state index < -0.39 is 16.9 Å². The molecule has 3 nitrogen and oxygen atoms in total. The zero-order valence-electron chi connectivity index (χ0n) is 14.4. The summed E-state index contributed by atoms with van der Waals surface area (Å²) in [5.74, 6) is 1.45. The van der Waals surface area contributed by atoms with Gasteiger partial charge in [-0.2, -0.15) is 0 Å². The fourth-order valence-corrected chi connectivity index (χ4v) is 15.2. The second-order valence-electron chi connectivity index (χ2n) is 6.93. The molecule has 0 N–H and O–H groups in total. The summed E-state index contributed by atoms with van der Waals surface area (Å²) >= 11 is 0. The molecule has 0 aliphatic heterocycles. The molecule has 0 saturated heterocycles. The molecular weight excluding hydrogens is 296 g/mol. The van der Waals surface area contributed by atoms with Gasteiger partial charge in [-0.25, -0.2) is 0 Å². The number of hydrogen-bond donors (Lipinski definition) is 0. The van der Waals surface area contributed by atoms with E-state index in [9.17, 15) is 0 Å². The molecule has 0 aromatic heterocycles. The summed E-state index contributed by atoms with van der Waals surface area (Å²) < 4.78 is 19.0. The average Bonchev–Trinajstić information content (AvgIpc) is 3.00. The first-order chi connectivity index (χ1) is 9.96. The van der Waals surface area contributed by atoms with Gasteiger partial charge in [-0.3, -0.25) is 0 Å². The lowest BCUT2D eigenvalue weighted by Gasteiger charge is -2.41. The topological polar surface area (TPSA) is 27.7 Å². The first-order valence-corrected chi connectivity index (χ1v) is 13.8. The van der Waals surface area contributed by atoms with Crippen molar-refractivity contribution in [2.75, 3.05) is 19.8 Å². The van der Waals surface area contributed by atoms with Gasteiger partial charge in [0, 0.05) is 31.0 Å². The highest BCUT2D eigenvalue weighted by Crippen LogP contribution is 2.53. The molecule has 2 bridgehead atoms. The molecule has 1 fully saturated rings. The van der Waals surface area contributed by atoms with Crippen molar-refractivity contribution >= 4 is 16.9 Å². The average molecular weight is 329 g/mol. The van der Waals surface area contributed by atoms with Gasteiger partial charge in [-0.15, -0.1) is 0 Å². The molecule has 122 valence electrons. The zero-order valence-corrected chi connectivity index (χ0v) is 16.4. The molecule has 21 heavy (non-hydrogen) atoms. The van der Waals surface area contributed by atoms with Crippen LogP contribution in [0.1, 0.15) is 33.6 Å². The number of rotatable bonds is 9. The maximum atomic E-state index is 6.43. The summed E-state index contributed by atoms with van der Waals surface area (Å²) in [5.41, 5.74) is 1.69. The third-order valence-corrected chi connectivity index (χ3v) is 14.6. The Balaban J connectivity index is 2.22. The minimum absolute atomic E-state index is 0.625. The summed E-state index contributed by atoms with van der Waals surface area (Å²) in [6, 6.07) is 0. The van der Waals surface area contributed by atoms with E-state index in [2.05, 4.69) is 46.0 Å². The van der Waals surface area contributed by atoms with Gasteiger partial charge in [0.2, 0.25) is 0 Å². The van der Waals surface area contributed by atoms with Crippen LogP contribution in [0.5, 0.6) is 0 Å². The van der Waals surface area contributed by atoms with Crippen LogP contribution in [0.4, 0.5) is 0 Å². The first-order valence-electron chi connectivity index (χ1n) is 8.56. The third kappa shape index (κ3) is 3.88. The molecule has 3 atom stereocenters. The van der Waals surface area contributed by atoms with Crippen molar-refractivity contribution in [1.29, 1.82) is 0 Å². The van der Waals surface area contributed by atoms with Gasteiger partial charge in [0.1, 0.15) is 0 Å². The van der Waals surface area contributed by atoms with Gasteiger partial charge in [0.15, 0.2) is 8.32 Å². The fourth-order valence-electron chi connectivity index (χ4n) is 4.30. The van der Waals surface area contributed by atoms with Crippen LogP contribution in [0, 0.1) is 11.8 Å². The first kappa shape index (κ1) is 17.4. The molecule has 1 saturated carbocycles. The quantitative estimate of drug-likeness (QED) is 0.468. The summed E-state index contributed by atoms with van der Waals surface area (Å²) in [5, 5.41) is 0. The van der Waals surface area contributed by atoms with Crippen molar-refractivity contribution in [1.82, 2.24) is 0 Å². The lowest BCUT2D eigenvalue weighted by Crippen LogP contribution is -2.54. The predicted octanol–water partition coefficient (Wildman–Crippen LogP) is 4.25. The number of fused-ring (bicyclic) bond motifs is 2. The van der Waals surface area contributed by atoms with Crippen LogP contribution < -0.4 is 0 Å². The normalized spacial score (nSPS) is 28.5. The number of allylic oxidation sites excluding steroid dienone is 2. The van der Waals surface area contributed by atoms with E-state index in [1.165, 1.54) is 12.8 Å².